The van der Waals surface area contributed by atoms with E-state index in [4.69, 9.17) is 4.74 Å². The maximum Gasteiger partial charge on any atom is 0.332 e. The van der Waals surface area contributed by atoms with Gasteiger partial charge in [0.15, 0.2) is 5.54 Å². The summed E-state index contributed by atoms with van der Waals surface area (Å²) in [5.41, 5.74) is -1.25. The van der Waals surface area contributed by atoms with Gasteiger partial charge in [-0.3, -0.25) is 4.90 Å². The average Bonchev–Trinajstić information content (AvgIpc) is 3.05. The Kier molecular flexibility index (Phi) is 4.03. The molecule has 2 atom stereocenters. The molecule has 0 aromatic carbocycles. The quantitative estimate of drug-likeness (QED) is 0.756. The Labute approximate surface area is 124 Å². The van der Waals surface area contributed by atoms with Gasteiger partial charge >= 0.3 is 12.0 Å². The summed E-state index contributed by atoms with van der Waals surface area (Å²) in [5.74, 6) is -1.01. The molecule has 7 nitrogen and oxygen atoms in total. The van der Waals surface area contributed by atoms with Gasteiger partial charge in [0.25, 0.3) is 0 Å². The molecule has 21 heavy (non-hydrogen) atoms. The van der Waals surface area contributed by atoms with Gasteiger partial charge in [0.2, 0.25) is 0 Å². The molecule has 0 aliphatic carbocycles. The van der Waals surface area contributed by atoms with Gasteiger partial charge in [-0.05, 0) is 25.8 Å². The van der Waals surface area contributed by atoms with Crippen molar-refractivity contribution in [3.05, 3.63) is 0 Å². The molecule has 0 radical (unpaired) electrons. The number of carboxylic acid groups (broad SMARTS) is 1. The molecular formula is C14H23N3O4. The lowest BCUT2D eigenvalue weighted by atomic mass is 9.99. The van der Waals surface area contributed by atoms with Crippen molar-refractivity contribution in [1.29, 1.82) is 0 Å². The molecule has 2 amide bonds. The summed E-state index contributed by atoms with van der Waals surface area (Å²) >= 11 is 0. The number of nitrogens with zero attached hydrogens (tertiary/aromatic N) is 2. The summed E-state index contributed by atoms with van der Waals surface area (Å²) in [4.78, 5) is 28.2. The Hall–Kier alpha value is -1.34. The second-order valence-corrected chi connectivity index (χ2v) is 6.25. The number of carbonyl (C=O) groups excluding carboxylic acids is 1. The second kappa shape index (κ2) is 5.81. The molecule has 2 N–H and O–H groups in total. The van der Waals surface area contributed by atoms with Crippen LogP contribution in [0.2, 0.25) is 0 Å². The van der Waals surface area contributed by atoms with Crippen LogP contribution in [0.5, 0.6) is 0 Å². The molecule has 3 saturated heterocycles. The molecule has 0 aromatic heterocycles. The molecule has 7 heteroatoms. The van der Waals surface area contributed by atoms with Gasteiger partial charge in [-0.15, -0.1) is 0 Å². The molecule has 3 rings (SSSR count). The minimum absolute atomic E-state index is 0.0530. The monoisotopic (exact) mass is 297 g/mol. The number of carboxylic acids is 1. The number of nitrogens with one attached hydrogen (secondary N) is 1. The summed E-state index contributed by atoms with van der Waals surface area (Å²) in [7, 11) is 0. The molecule has 3 fully saturated rings. The topological polar surface area (TPSA) is 82.1 Å². The number of carbonyl (C=O) groups is 2. The Morgan fingerprint density at radius 1 is 1.24 bits per heavy atom. The van der Waals surface area contributed by atoms with E-state index in [9.17, 15) is 14.7 Å². The fourth-order valence-electron chi connectivity index (χ4n) is 3.56. The van der Waals surface area contributed by atoms with Crippen molar-refractivity contribution in [2.75, 3.05) is 39.4 Å². The fourth-order valence-corrected chi connectivity index (χ4v) is 3.56. The number of aliphatic carboxylic acids is 1. The molecule has 118 valence electrons. The molecule has 0 bridgehead atoms. The van der Waals surface area contributed by atoms with Crippen LogP contribution < -0.4 is 5.32 Å². The largest absolute Gasteiger partial charge is 0.479 e. The first-order valence-corrected chi connectivity index (χ1v) is 7.73. The highest BCUT2D eigenvalue weighted by Crippen LogP contribution is 2.23. The Bertz CT molecular complexity index is 422. The van der Waals surface area contributed by atoms with E-state index in [2.05, 4.69) is 10.2 Å². The normalized spacial score (nSPS) is 33.5. The minimum Gasteiger partial charge on any atom is -0.479 e. The van der Waals surface area contributed by atoms with E-state index < -0.39 is 11.5 Å². The third-order valence-electron chi connectivity index (χ3n) is 4.87. The first-order valence-electron chi connectivity index (χ1n) is 7.73. The summed E-state index contributed by atoms with van der Waals surface area (Å²) in [5, 5.41) is 12.1. The van der Waals surface area contributed by atoms with Crippen molar-refractivity contribution in [1.82, 2.24) is 15.1 Å². The molecule has 0 saturated carbocycles. The van der Waals surface area contributed by atoms with Crippen molar-refractivity contribution in [2.45, 2.75) is 37.3 Å². The third-order valence-corrected chi connectivity index (χ3v) is 4.87. The predicted molar refractivity (Wildman–Crippen MR) is 75.1 cm³/mol. The van der Waals surface area contributed by atoms with Crippen LogP contribution in [0.3, 0.4) is 0 Å². The third kappa shape index (κ3) is 2.85. The van der Waals surface area contributed by atoms with Gasteiger partial charge in [-0.25, -0.2) is 9.59 Å². The summed E-state index contributed by atoms with van der Waals surface area (Å²) in [6, 6.07) is 0.163. The molecule has 2 unspecified atom stereocenters. The Morgan fingerprint density at radius 3 is 2.76 bits per heavy atom. The van der Waals surface area contributed by atoms with Gasteiger partial charge in [0.05, 0.1) is 6.61 Å². The van der Waals surface area contributed by atoms with Crippen molar-refractivity contribution in [2.24, 2.45) is 0 Å². The highest BCUT2D eigenvalue weighted by Gasteiger charge is 2.45. The molecule has 0 aromatic rings. The predicted octanol–water partition coefficient (Wildman–Crippen LogP) is 0.110. The number of hydrogen-bond donors (Lipinski definition) is 2. The zero-order chi connectivity index (χ0) is 14.9. The van der Waals surface area contributed by atoms with Crippen molar-refractivity contribution in [3.63, 3.8) is 0 Å². The van der Waals surface area contributed by atoms with E-state index in [1.165, 1.54) is 6.42 Å². The summed E-state index contributed by atoms with van der Waals surface area (Å²) in [6.45, 7) is 3.97. The van der Waals surface area contributed by atoms with Crippen LogP contribution in [-0.2, 0) is 9.53 Å². The molecule has 0 spiro atoms. The highest BCUT2D eigenvalue weighted by molar-refractivity contribution is 5.86. The van der Waals surface area contributed by atoms with Gasteiger partial charge in [-0.2, -0.15) is 0 Å². The average molecular weight is 297 g/mol. The van der Waals surface area contributed by atoms with Crippen LogP contribution in [-0.4, -0.2) is 77.9 Å². The van der Waals surface area contributed by atoms with Gasteiger partial charge in [-0.1, -0.05) is 0 Å². The smallest absolute Gasteiger partial charge is 0.332 e. The Morgan fingerprint density at radius 2 is 2.05 bits per heavy atom. The number of urea groups is 1. The van der Waals surface area contributed by atoms with Crippen molar-refractivity contribution in [3.8, 4) is 0 Å². The SMILES string of the molecule is O=C(NC1(C(=O)O)CCOC1)N1CCCN2CCCC2C1. The molecule has 3 heterocycles. The number of amides is 2. The van der Waals surface area contributed by atoms with Crippen LogP contribution in [0.4, 0.5) is 4.79 Å². The van der Waals surface area contributed by atoms with Crippen LogP contribution >= 0.6 is 0 Å². The maximum absolute atomic E-state index is 12.5. The molecule has 3 aliphatic rings. The maximum atomic E-state index is 12.5. The zero-order valence-corrected chi connectivity index (χ0v) is 12.2. The molecule has 3 aliphatic heterocycles. The number of fused-ring (bicyclic) bond motifs is 1. The van der Waals surface area contributed by atoms with E-state index in [1.807, 2.05) is 0 Å². The van der Waals surface area contributed by atoms with E-state index in [1.54, 1.807) is 4.90 Å². The standard InChI is InChI=1S/C14H23N3O4/c18-12(19)14(4-8-21-10-14)15-13(20)17-7-2-6-16-5-1-3-11(16)9-17/h11H,1-10H2,(H,15,20)(H,18,19). The highest BCUT2D eigenvalue weighted by atomic mass is 16.5. The lowest BCUT2D eigenvalue weighted by Crippen LogP contribution is -2.59. The van der Waals surface area contributed by atoms with Gasteiger partial charge < -0.3 is 20.1 Å². The van der Waals surface area contributed by atoms with E-state index in [-0.39, 0.29) is 12.6 Å². The summed E-state index contributed by atoms with van der Waals surface area (Å²) in [6.07, 6.45) is 3.59. The zero-order valence-electron chi connectivity index (χ0n) is 12.2. The Balaban J connectivity index is 1.65. The minimum atomic E-state index is -1.25. The lowest BCUT2D eigenvalue weighted by molar-refractivity contribution is -0.144. The fraction of sp³-hybridized carbons (Fsp3) is 0.857. The van der Waals surface area contributed by atoms with Gasteiger partial charge in [0, 0.05) is 38.7 Å². The number of hydrogen-bond acceptors (Lipinski definition) is 4. The molecular weight excluding hydrogens is 274 g/mol. The first-order chi connectivity index (χ1) is 10.1. The van der Waals surface area contributed by atoms with Crippen molar-refractivity contribution >= 4 is 12.0 Å². The lowest BCUT2D eigenvalue weighted by Gasteiger charge is -2.30. The number of ether oxygens (including phenoxy) is 1. The van der Waals surface area contributed by atoms with Crippen LogP contribution in [0.25, 0.3) is 0 Å². The summed E-state index contributed by atoms with van der Waals surface area (Å²) < 4.78 is 5.18. The van der Waals surface area contributed by atoms with E-state index in [0.717, 1.165) is 25.9 Å². The van der Waals surface area contributed by atoms with Crippen LogP contribution in [0.15, 0.2) is 0 Å². The van der Waals surface area contributed by atoms with Crippen LogP contribution in [0.1, 0.15) is 25.7 Å². The van der Waals surface area contributed by atoms with Crippen LogP contribution in [0, 0.1) is 0 Å². The van der Waals surface area contributed by atoms with Crippen molar-refractivity contribution < 1.29 is 19.4 Å². The van der Waals surface area contributed by atoms with E-state index >= 15 is 0 Å². The first kappa shape index (κ1) is 14.6. The van der Waals surface area contributed by atoms with E-state index in [0.29, 0.717) is 32.2 Å². The number of rotatable bonds is 2. The van der Waals surface area contributed by atoms with Gasteiger partial charge in [0.1, 0.15) is 0 Å². The second-order valence-electron chi connectivity index (χ2n) is 6.25.